The highest BCUT2D eigenvalue weighted by molar-refractivity contribution is 6.00. The molecule has 24 heavy (non-hydrogen) atoms. The molecule has 0 aliphatic carbocycles. The van der Waals surface area contributed by atoms with E-state index in [-0.39, 0.29) is 12.3 Å². The third kappa shape index (κ3) is 9.24. The van der Waals surface area contributed by atoms with Crippen molar-refractivity contribution in [3.63, 3.8) is 0 Å². The minimum atomic E-state index is -1.28. The molecule has 2 unspecified atom stereocenters. The van der Waals surface area contributed by atoms with Gasteiger partial charge in [-0.05, 0) is 19.3 Å². The maximum atomic E-state index is 11.8. The van der Waals surface area contributed by atoms with Crippen LogP contribution in [0.4, 0.5) is 0 Å². The van der Waals surface area contributed by atoms with Crippen molar-refractivity contribution in [3.8, 4) is 0 Å². The summed E-state index contributed by atoms with van der Waals surface area (Å²) in [5.41, 5.74) is 0. The first kappa shape index (κ1) is 22.0. The van der Waals surface area contributed by atoms with Crippen LogP contribution in [0.2, 0.25) is 0 Å². The Morgan fingerprint density at radius 2 is 1.67 bits per heavy atom. The number of aliphatic carboxylic acids is 1. The summed E-state index contributed by atoms with van der Waals surface area (Å²) < 4.78 is 0. The Morgan fingerprint density at radius 1 is 1.04 bits per heavy atom. The van der Waals surface area contributed by atoms with Crippen molar-refractivity contribution in [1.82, 2.24) is 10.6 Å². The number of ketones is 1. The van der Waals surface area contributed by atoms with Crippen LogP contribution in [0.1, 0.15) is 46.5 Å². The van der Waals surface area contributed by atoms with E-state index in [1.807, 2.05) is 0 Å². The fourth-order valence-corrected chi connectivity index (χ4v) is 1.89. The number of carbonyl (C=O) groups is 4. The van der Waals surface area contributed by atoms with E-state index in [9.17, 15) is 24.3 Å². The Hall–Kier alpha value is -1.96. The van der Waals surface area contributed by atoms with Crippen molar-refractivity contribution in [2.45, 2.75) is 52.5 Å². The zero-order chi connectivity index (χ0) is 18.7. The molecule has 0 saturated carbocycles. The molecule has 0 aromatic carbocycles. The molecule has 0 rings (SSSR count). The highest BCUT2D eigenvalue weighted by Gasteiger charge is 2.24. The molecule has 2 amide bonds. The second-order valence-corrected chi connectivity index (χ2v) is 6.19. The number of aliphatic hydroxyl groups is 1. The van der Waals surface area contributed by atoms with Crippen LogP contribution in [0, 0.1) is 11.8 Å². The fraction of sp³-hybridized carbons (Fsp3) is 0.750. The lowest BCUT2D eigenvalue weighted by molar-refractivity contribution is -0.145. The van der Waals surface area contributed by atoms with Gasteiger partial charge in [0.1, 0.15) is 12.0 Å². The molecule has 0 aromatic rings. The van der Waals surface area contributed by atoms with Crippen molar-refractivity contribution >= 4 is 23.6 Å². The van der Waals surface area contributed by atoms with Crippen molar-refractivity contribution in [1.29, 1.82) is 0 Å². The summed E-state index contributed by atoms with van der Waals surface area (Å²) in [6.07, 6.45) is 2.87. The van der Waals surface area contributed by atoms with E-state index in [0.29, 0.717) is 12.3 Å². The van der Waals surface area contributed by atoms with E-state index in [1.165, 1.54) is 6.92 Å². The molecule has 8 nitrogen and oxygen atoms in total. The van der Waals surface area contributed by atoms with Crippen LogP contribution in [0.3, 0.4) is 0 Å². The number of aliphatic hydroxyl groups excluding tert-OH is 1. The molecule has 0 aliphatic heterocycles. The quantitative estimate of drug-likeness (QED) is 0.293. The average molecular weight is 344 g/mol. The van der Waals surface area contributed by atoms with Gasteiger partial charge in [0, 0.05) is 6.42 Å². The number of nitrogens with one attached hydrogen (secondary N) is 2. The van der Waals surface area contributed by atoms with Crippen LogP contribution in [-0.4, -0.2) is 53.0 Å². The van der Waals surface area contributed by atoms with Crippen LogP contribution in [0.5, 0.6) is 0 Å². The second kappa shape index (κ2) is 11.6. The van der Waals surface area contributed by atoms with Gasteiger partial charge in [-0.25, -0.2) is 0 Å². The lowest BCUT2D eigenvalue weighted by Crippen LogP contribution is -2.50. The number of carbonyl (C=O) groups excluding carboxylic acids is 3. The lowest BCUT2D eigenvalue weighted by Gasteiger charge is -2.16. The SMILES string of the molecule is CC(C)CCCCC(=O)NC(CO)C(=O)NCC(=O)C(C)C(=O)O. The number of rotatable bonds is 12. The van der Waals surface area contributed by atoms with E-state index >= 15 is 0 Å². The highest BCUT2D eigenvalue weighted by Crippen LogP contribution is 2.07. The van der Waals surface area contributed by atoms with Gasteiger partial charge in [0.25, 0.3) is 0 Å². The van der Waals surface area contributed by atoms with Gasteiger partial charge in [0.2, 0.25) is 11.8 Å². The maximum absolute atomic E-state index is 11.8. The van der Waals surface area contributed by atoms with Crippen LogP contribution in [0.15, 0.2) is 0 Å². The number of unbranched alkanes of at least 4 members (excludes halogenated alkanes) is 1. The van der Waals surface area contributed by atoms with Crippen molar-refractivity contribution in [2.24, 2.45) is 11.8 Å². The van der Waals surface area contributed by atoms with E-state index in [2.05, 4.69) is 24.5 Å². The van der Waals surface area contributed by atoms with Gasteiger partial charge in [0.15, 0.2) is 5.78 Å². The van der Waals surface area contributed by atoms with E-state index in [1.54, 1.807) is 0 Å². The smallest absolute Gasteiger partial charge is 0.313 e. The van der Waals surface area contributed by atoms with Gasteiger partial charge < -0.3 is 20.8 Å². The largest absolute Gasteiger partial charge is 0.481 e. The molecule has 0 bridgehead atoms. The van der Waals surface area contributed by atoms with E-state index < -0.39 is 42.8 Å². The summed E-state index contributed by atoms with van der Waals surface area (Å²) in [5, 5.41) is 22.5. The Labute approximate surface area is 142 Å². The van der Waals surface area contributed by atoms with Crippen molar-refractivity contribution in [2.75, 3.05) is 13.2 Å². The standard InChI is InChI=1S/C16H28N2O6/c1-10(2)6-4-5-7-14(21)18-12(9-19)15(22)17-8-13(20)11(3)16(23)24/h10-12,19H,4-9H2,1-3H3,(H,17,22)(H,18,21)(H,23,24). The lowest BCUT2D eigenvalue weighted by atomic mass is 10.1. The molecule has 2 atom stereocenters. The Bertz CT molecular complexity index is 450. The molecule has 0 aromatic heterocycles. The minimum Gasteiger partial charge on any atom is -0.481 e. The third-order valence-electron chi connectivity index (χ3n) is 3.56. The van der Waals surface area contributed by atoms with Crippen LogP contribution >= 0.6 is 0 Å². The summed E-state index contributed by atoms with van der Waals surface area (Å²) >= 11 is 0. The minimum absolute atomic E-state index is 0.255. The molecular weight excluding hydrogens is 316 g/mol. The average Bonchev–Trinajstić information content (AvgIpc) is 2.52. The normalized spacial score (nSPS) is 13.2. The van der Waals surface area contributed by atoms with Gasteiger partial charge in [-0.3, -0.25) is 19.2 Å². The van der Waals surface area contributed by atoms with Crippen molar-refractivity contribution < 1.29 is 29.4 Å². The molecular formula is C16H28N2O6. The van der Waals surface area contributed by atoms with Crippen molar-refractivity contribution in [3.05, 3.63) is 0 Å². The zero-order valence-corrected chi connectivity index (χ0v) is 14.5. The predicted molar refractivity (Wildman–Crippen MR) is 87.1 cm³/mol. The number of carboxylic acids is 1. The molecule has 0 saturated heterocycles. The van der Waals surface area contributed by atoms with Crippen LogP contribution in [0.25, 0.3) is 0 Å². The topological polar surface area (TPSA) is 133 Å². The van der Waals surface area contributed by atoms with Gasteiger partial charge in [-0.15, -0.1) is 0 Å². The molecule has 0 spiro atoms. The second-order valence-electron chi connectivity index (χ2n) is 6.19. The Morgan fingerprint density at radius 3 is 2.17 bits per heavy atom. The molecule has 4 N–H and O–H groups in total. The summed E-state index contributed by atoms with van der Waals surface area (Å²) in [6.45, 7) is 4.34. The first-order valence-electron chi connectivity index (χ1n) is 8.12. The Balaban J connectivity index is 4.23. The predicted octanol–water partition coefficient (Wildman–Crippen LogP) is 0.0859. The number of amides is 2. The third-order valence-corrected chi connectivity index (χ3v) is 3.56. The summed E-state index contributed by atoms with van der Waals surface area (Å²) in [6, 6.07) is -1.16. The number of carboxylic acid groups (broad SMARTS) is 1. The van der Waals surface area contributed by atoms with E-state index in [0.717, 1.165) is 12.8 Å². The fourth-order valence-electron chi connectivity index (χ4n) is 1.89. The zero-order valence-electron chi connectivity index (χ0n) is 14.5. The maximum Gasteiger partial charge on any atom is 0.313 e. The van der Waals surface area contributed by atoms with Crippen LogP contribution < -0.4 is 10.6 Å². The summed E-state index contributed by atoms with van der Waals surface area (Å²) in [7, 11) is 0. The number of hydrogen-bond donors (Lipinski definition) is 4. The number of hydrogen-bond acceptors (Lipinski definition) is 5. The summed E-state index contributed by atoms with van der Waals surface area (Å²) in [5.74, 6) is -3.67. The van der Waals surface area contributed by atoms with Gasteiger partial charge in [-0.1, -0.05) is 26.7 Å². The monoisotopic (exact) mass is 344 g/mol. The molecule has 138 valence electrons. The Kier molecular flexibility index (Phi) is 10.6. The first-order valence-corrected chi connectivity index (χ1v) is 8.12. The van der Waals surface area contributed by atoms with Gasteiger partial charge in [-0.2, -0.15) is 0 Å². The summed E-state index contributed by atoms with van der Waals surface area (Å²) in [4.78, 5) is 45.8. The van der Waals surface area contributed by atoms with E-state index in [4.69, 9.17) is 5.11 Å². The highest BCUT2D eigenvalue weighted by atomic mass is 16.4. The van der Waals surface area contributed by atoms with Crippen LogP contribution in [-0.2, 0) is 19.2 Å². The number of Topliss-reactive ketones (excluding diaryl/α,β-unsaturated/α-hetero) is 1. The molecule has 0 heterocycles. The van der Waals surface area contributed by atoms with Gasteiger partial charge >= 0.3 is 5.97 Å². The molecule has 8 heteroatoms. The first-order chi connectivity index (χ1) is 11.2. The molecule has 0 aliphatic rings. The molecule has 0 radical (unpaired) electrons. The molecule has 0 fully saturated rings. The van der Waals surface area contributed by atoms with Gasteiger partial charge in [0.05, 0.1) is 13.2 Å².